The summed E-state index contributed by atoms with van der Waals surface area (Å²) in [6, 6.07) is 10.1. The highest BCUT2D eigenvalue weighted by Gasteiger charge is 2.39. The number of allylic oxidation sites excluding steroid dienone is 2. The minimum absolute atomic E-state index is 0.0581. The van der Waals surface area contributed by atoms with E-state index in [1.54, 1.807) is 6.08 Å². The van der Waals surface area contributed by atoms with Crippen LogP contribution in [0.3, 0.4) is 0 Å². The molecule has 1 amide bonds. The lowest BCUT2D eigenvalue weighted by Gasteiger charge is -2.19. The van der Waals surface area contributed by atoms with E-state index >= 15 is 0 Å². The predicted molar refractivity (Wildman–Crippen MR) is 120 cm³/mol. The van der Waals surface area contributed by atoms with Crippen molar-refractivity contribution >= 4 is 5.91 Å². The van der Waals surface area contributed by atoms with Gasteiger partial charge in [-0.05, 0) is 50.5 Å². The summed E-state index contributed by atoms with van der Waals surface area (Å²) in [4.78, 5) is 11.4. The molecule has 0 saturated heterocycles. The van der Waals surface area contributed by atoms with Crippen LogP contribution < -0.4 is 5.32 Å². The molecule has 1 aromatic carbocycles. The van der Waals surface area contributed by atoms with Crippen LogP contribution in [0.4, 0.5) is 0 Å². The summed E-state index contributed by atoms with van der Waals surface area (Å²) < 4.78 is 0. The van der Waals surface area contributed by atoms with Gasteiger partial charge >= 0.3 is 0 Å². The lowest BCUT2D eigenvalue weighted by Crippen LogP contribution is -2.21. The molecule has 0 unspecified atom stereocenters. The predicted octanol–water partition coefficient (Wildman–Crippen LogP) is 3.15. The Morgan fingerprint density at radius 1 is 1.20 bits per heavy atom. The van der Waals surface area contributed by atoms with Crippen LogP contribution in [0.25, 0.3) is 0 Å². The van der Waals surface area contributed by atoms with Crippen molar-refractivity contribution in [2.24, 2.45) is 11.8 Å². The van der Waals surface area contributed by atoms with E-state index in [-0.39, 0.29) is 17.7 Å². The maximum atomic E-state index is 11.4. The molecule has 1 aromatic rings. The van der Waals surface area contributed by atoms with Crippen LogP contribution in [-0.4, -0.2) is 46.1 Å². The van der Waals surface area contributed by atoms with Gasteiger partial charge in [-0.15, -0.1) is 0 Å². The van der Waals surface area contributed by atoms with Crippen LogP contribution in [0.5, 0.6) is 0 Å². The summed E-state index contributed by atoms with van der Waals surface area (Å²) >= 11 is 0. The summed E-state index contributed by atoms with van der Waals surface area (Å²) in [7, 11) is 0. The zero-order chi connectivity index (χ0) is 21.8. The summed E-state index contributed by atoms with van der Waals surface area (Å²) in [5.41, 5.74) is 1.19. The van der Waals surface area contributed by atoms with Crippen molar-refractivity contribution < 1.29 is 20.1 Å². The summed E-state index contributed by atoms with van der Waals surface area (Å²) in [6.07, 6.45) is 10.6. The van der Waals surface area contributed by atoms with Crippen LogP contribution in [0.15, 0.2) is 54.6 Å². The van der Waals surface area contributed by atoms with Gasteiger partial charge in [0, 0.05) is 25.3 Å². The summed E-state index contributed by atoms with van der Waals surface area (Å²) in [5, 5.41) is 33.8. The van der Waals surface area contributed by atoms with Crippen molar-refractivity contribution in [3.8, 4) is 0 Å². The van der Waals surface area contributed by atoms with Crippen LogP contribution in [0, 0.1) is 11.8 Å². The fourth-order valence-electron chi connectivity index (χ4n) is 4.06. The first-order chi connectivity index (χ1) is 14.5. The Morgan fingerprint density at radius 2 is 1.97 bits per heavy atom. The van der Waals surface area contributed by atoms with Crippen molar-refractivity contribution in [2.45, 2.75) is 70.2 Å². The Kier molecular flexibility index (Phi) is 10.8. The second kappa shape index (κ2) is 13.4. The number of amides is 1. The van der Waals surface area contributed by atoms with E-state index in [4.69, 9.17) is 0 Å². The third-order valence-electron chi connectivity index (χ3n) is 5.77. The number of hydrogen-bond donors (Lipinski definition) is 4. The SMILES string of the molecule is CCNC(=O)CCC/C=C/C[C@@H]1[C@@H](/C=C/[C@H](O)CCc2ccccc2)[C@@H](O)C[C@@H]1O. The van der Waals surface area contributed by atoms with Crippen molar-refractivity contribution in [1.82, 2.24) is 5.32 Å². The van der Waals surface area contributed by atoms with Gasteiger partial charge in [-0.1, -0.05) is 54.6 Å². The third kappa shape index (κ3) is 8.42. The number of aliphatic hydroxyl groups excluding tert-OH is 3. The Hall–Kier alpha value is -1.95. The van der Waals surface area contributed by atoms with E-state index in [9.17, 15) is 20.1 Å². The molecule has 0 aromatic heterocycles. The molecule has 2 rings (SSSR count). The first-order valence-electron chi connectivity index (χ1n) is 11.2. The quantitative estimate of drug-likeness (QED) is 0.312. The number of unbranched alkanes of at least 4 members (excludes halogenated alkanes) is 1. The Bertz CT molecular complexity index is 673. The van der Waals surface area contributed by atoms with Crippen molar-refractivity contribution in [3.63, 3.8) is 0 Å². The molecule has 0 spiro atoms. The lowest BCUT2D eigenvalue weighted by atomic mass is 9.89. The molecule has 166 valence electrons. The van der Waals surface area contributed by atoms with Crippen molar-refractivity contribution in [1.29, 1.82) is 0 Å². The van der Waals surface area contributed by atoms with Crippen LogP contribution in [0.1, 0.15) is 51.0 Å². The van der Waals surface area contributed by atoms with Gasteiger partial charge in [0.05, 0.1) is 18.3 Å². The van der Waals surface area contributed by atoms with Gasteiger partial charge in [0.2, 0.25) is 5.91 Å². The third-order valence-corrected chi connectivity index (χ3v) is 5.77. The molecule has 5 atom stereocenters. The lowest BCUT2D eigenvalue weighted by molar-refractivity contribution is -0.121. The standard InChI is InChI=1S/C25H37NO4/c1-2-26-25(30)13-9-4-3-8-12-21-22(24(29)18-23(21)28)17-16-20(27)15-14-19-10-6-5-7-11-19/h3,5-8,10-11,16-17,20-24,27-29H,2,4,9,12-15,18H2,1H3,(H,26,30)/b8-3+,17-16+/t20-,21-,22-,23+,24+/m1/s1. The molecule has 0 aliphatic heterocycles. The summed E-state index contributed by atoms with van der Waals surface area (Å²) in [6.45, 7) is 2.57. The highest BCUT2D eigenvalue weighted by Crippen LogP contribution is 2.36. The summed E-state index contributed by atoms with van der Waals surface area (Å²) in [5.74, 6) is -0.139. The van der Waals surface area contributed by atoms with Gasteiger partial charge in [0.1, 0.15) is 0 Å². The number of carbonyl (C=O) groups is 1. The highest BCUT2D eigenvalue weighted by molar-refractivity contribution is 5.75. The number of benzene rings is 1. The fourth-order valence-corrected chi connectivity index (χ4v) is 4.06. The maximum absolute atomic E-state index is 11.4. The van der Waals surface area contributed by atoms with Gasteiger partial charge in [0.25, 0.3) is 0 Å². The molecule has 5 nitrogen and oxygen atoms in total. The van der Waals surface area contributed by atoms with Gasteiger partial charge in [-0.2, -0.15) is 0 Å². The zero-order valence-electron chi connectivity index (χ0n) is 18.0. The largest absolute Gasteiger partial charge is 0.393 e. The van der Waals surface area contributed by atoms with E-state index < -0.39 is 18.3 Å². The van der Waals surface area contributed by atoms with E-state index in [1.165, 1.54) is 5.56 Å². The number of rotatable bonds is 12. The smallest absolute Gasteiger partial charge is 0.219 e. The van der Waals surface area contributed by atoms with E-state index in [2.05, 4.69) is 5.32 Å². The average Bonchev–Trinajstić information content (AvgIpc) is 3.00. The minimum Gasteiger partial charge on any atom is -0.393 e. The molecule has 4 N–H and O–H groups in total. The number of nitrogens with one attached hydrogen (secondary N) is 1. The highest BCUT2D eigenvalue weighted by atomic mass is 16.3. The van der Waals surface area contributed by atoms with Gasteiger partial charge in [0.15, 0.2) is 0 Å². The van der Waals surface area contributed by atoms with Crippen molar-refractivity contribution in [2.75, 3.05) is 6.54 Å². The van der Waals surface area contributed by atoms with E-state index in [0.29, 0.717) is 32.2 Å². The zero-order valence-corrected chi connectivity index (χ0v) is 18.0. The minimum atomic E-state index is -0.589. The Labute approximate surface area is 180 Å². The molecule has 1 aliphatic rings. The molecule has 0 bridgehead atoms. The van der Waals surface area contributed by atoms with Crippen LogP contribution in [0.2, 0.25) is 0 Å². The van der Waals surface area contributed by atoms with Crippen molar-refractivity contribution in [3.05, 3.63) is 60.2 Å². The maximum Gasteiger partial charge on any atom is 0.219 e. The number of hydrogen-bond acceptors (Lipinski definition) is 4. The van der Waals surface area contributed by atoms with E-state index in [0.717, 1.165) is 19.3 Å². The van der Waals surface area contributed by atoms with E-state index in [1.807, 2.05) is 55.5 Å². The van der Waals surface area contributed by atoms with Crippen LogP contribution >= 0.6 is 0 Å². The second-order valence-corrected chi connectivity index (χ2v) is 8.14. The fraction of sp³-hybridized carbons (Fsp3) is 0.560. The number of carbonyl (C=O) groups excluding carboxylic acids is 1. The van der Waals surface area contributed by atoms with Crippen LogP contribution in [-0.2, 0) is 11.2 Å². The monoisotopic (exact) mass is 415 g/mol. The molecule has 0 radical (unpaired) electrons. The van der Waals surface area contributed by atoms with Gasteiger partial charge in [-0.25, -0.2) is 0 Å². The topological polar surface area (TPSA) is 89.8 Å². The molecule has 1 saturated carbocycles. The normalized spacial score (nSPS) is 25.2. The Balaban J connectivity index is 1.78. The first kappa shape index (κ1) is 24.3. The molecule has 0 heterocycles. The molecule has 30 heavy (non-hydrogen) atoms. The Morgan fingerprint density at radius 3 is 2.70 bits per heavy atom. The van der Waals surface area contributed by atoms with Gasteiger partial charge < -0.3 is 20.6 Å². The number of aryl methyl sites for hydroxylation is 1. The molecule has 1 aliphatic carbocycles. The molecular formula is C25H37NO4. The molecular weight excluding hydrogens is 378 g/mol. The second-order valence-electron chi connectivity index (χ2n) is 8.14. The average molecular weight is 416 g/mol. The first-order valence-corrected chi connectivity index (χ1v) is 11.2. The molecule has 1 fully saturated rings. The number of aliphatic hydroxyl groups is 3. The molecule has 5 heteroatoms. The van der Waals surface area contributed by atoms with Gasteiger partial charge in [-0.3, -0.25) is 4.79 Å².